The van der Waals surface area contributed by atoms with Crippen molar-refractivity contribution in [1.82, 2.24) is 0 Å². The van der Waals surface area contributed by atoms with Crippen LogP contribution in [-0.4, -0.2) is 30.8 Å². The van der Waals surface area contributed by atoms with Gasteiger partial charge in [-0.25, -0.2) is 0 Å². The molecule has 4 atom stereocenters. The topological polar surface area (TPSA) is 143 Å². The molecule has 1 aromatic rings. The minimum absolute atomic E-state index is 0.178. The largest absolute Gasteiger partial charge is 0.334 e. The van der Waals surface area contributed by atoms with Crippen molar-refractivity contribution in [3.63, 3.8) is 0 Å². The Hall–Kier alpha value is -3.54. The Morgan fingerprint density at radius 3 is 2.56 bits per heavy atom. The van der Waals surface area contributed by atoms with Crippen LogP contribution in [-0.2, 0) is 0 Å². The van der Waals surface area contributed by atoms with E-state index in [4.69, 9.17) is 5.41 Å². The lowest BCUT2D eigenvalue weighted by atomic mass is 9.54. The molecule has 1 heterocycles. The van der Waals surface area contributed by atoms with E-state index in [2.05, 4.69) is 6.07 Å². The zero-order valence-electron chi connectivity index (χ0n) is 14.6. The average Bonchev–Trinajstić information content (AvgIpc) is 2.67. The van der Waals surface area contributed by atoms with E-state index in [1.165, 1.54) is 12.1 Å². The number of nitro groups is 1. The van der Waals surface area contributed by atoms with Crippen LogP contribution in [0, 0.1) is 66.8 Å². The number of hydrogen-bond acceptors (Lipinski definition) is 6. The number of quaternary nitrogens is 1. The first-order valence-corrected chi connectivity index (χ1v) is 8.46. The Bertz CT molecular complexity index is 963. The van der Waals surface area contributed by atoms with E-state index in [-0.39, 0.29) is 17.0 Å². The normalized spacial score (nSPS) is 28.7. The van der Waals surface area contributed by atoms with Crippen LogP contribution in [0.3, 0.4) is 0 Å². The van der Waals surface area contributed by atoms with Gasteiger partial charge in [-0.2, -0.15) is 15.8 Å². The highest BCUT2D eigenvalue weighted by Crippen LogP contribution is 2.53. The summed E-state index contributed by atoms with van der Waals surface area (Å²) in [6, 6.07) is 12.0. The molecule has 2 unspecified atom stereocenters. The first-order valence-electron chi connectivity index (χ1n) is 8.46. The summed E-state index contributed by atoms with van der Waals surface area (Å²) in [5, 5.41) is 49.6. The van der Waals surface area contributed by atoms with Crippen LogP contribution >= 0.6 is 0 Å². The Labute approximate surface area is 156 Å². The van der Waals surface area contributed by atoms with Gasteiger partial charge in [0.15, 0.2) is 5.41 Å². The number of nitro benzene ring substituents is 1. The Balaban J connectivity index is 2.34. The number of fused-ring (bicyclic) bond motifs is 1. The maximum absolute atomic E-state index is 11.6. The maximum Gasteiger partial charge on any atom is 0.272 e. The van der Waals surface area contributed by atoms with Crippen LogP contribution in [0.5, 0.6) is 0 Å². The van der Waals surface area contributed by atoms with Crippen LogP contribution in [0.25, 0.3) is 0 Å². The predicted molar refractivity (Wildman–Crippen MR) is 94.5 cm³/mol. The highest BCUT2D eigenvalue weighted by atomic mass is 16.6. The first-order chi connectivity index (χ1) is 12.9. The number of benzene rings is 1. The highest BCUT2D eigenvalue weighted by molar-refractivity contribution is 6.01. The Morgan fingerprint density at radius 1 is 1.30 bits per heavy atom. The van der Waals surface area contributed by atoms with Crippen molar-refractivity contribution < 1.29 is 9.82 Å². The molecule has 8 nitrogen and oxygen atoms in total. The minimum Gasteiger partial charge on any atom is -0.334 e. The summed E-state index contributed by atoms with van der Waals surface area (Å²) in [5.74, 6) is -2.24. The molecular formula is C19H17N6O2+. The van der Waals surface area contributed by atoms with E-state index in [0.29, 0.717) is 18.7 Å². The Morgan fingerprint density at radius 2 is 1.96 bits per heavy atom. The number of para-hydroxylation sites is 1. The maximum atomic E-state index is 11.6. The summed E-state index contributed by atoms with van der Waals surface area (Å²) in [6.07, 6.45) is 1.88. The lowest BCUT2D eigenvalue weighted by Crippen LogP contribution is -3.10. The highest BCUT2D eigenvalue weighted by Gasteiger charge is 2.59. The van der Waals surface area contributed by atoms with E-state index in [1.807, 2.05) is 25.3 Å². The van der Waals surface area contributed by atoms with Gasteiger partial charge in [0.1, 0.15) is 5.92 Å². The van der Waals surface area contributed by atoms with Gasteiger partial charge in [0.2, 0.25) is 0 Å². The zero-order valence-corrected chi connectivity index (χ0v) is 14.6. The fourth-order valence-electron chi connectivity index (χ4n) is 4.32. The Kier molecular flexibility index (Phi) is 4.49. The van der Waals surface area contributed by atoms with Crippen molar-refractivity contribution in [2.24, 2.45) is 17.3 Å². The van der Waals surface area contributed by atoms with Crippen LogP contribution in [0.15, 0.2) is 35.9 Å². The standard InChI is InChI=1S/C19H16N6O2/c1-24-7-6-12-14(8-20)18(23)19(10-21,11-22)17(15(12)9-24)13-4-2-3-5-16(13)25(26)27/h2-6,14-15,17,23H,7,9H2,1H3/p+1/t14?,15-,17+/m1/s1. The van der Waals surface area contributed by atoms with Crippen molar-refractivity contribution >= 4 is 11.4 Å². The minimum atomic E-state index is -1.92. The molecule has 3 rings (SSSR count). The van der Waals surface area contributed by atoms with Crippen molar-refractivity contribution in [1.29, 1.82) is 21.2 Å². The van der Waals surface area contributed by atoms with Gasteiger partial charge in [-0.3, -0.25) is 10.1 Å². The SMILES string of the molecule is C[NH+]1CC=C2C(C#N)C(=N)C(C#N)(C#N)[C@@H](c3ccccc3[N+](=O)[O-])[C@@H]2C1. The second-order valence-electron chi connectivity index (χ2n) is 6.98. The lowest BCUT2D eigenvalue weighted by molar-refractivity contribution is -0.878. The third-order valence-corrected chi connectivity index (χ3v) is 5.55. The number of nitrogens with zero attached hydrogens (tertiary/aromatic N) is 4. The molecular weight excluding hydrogens is 344 g/mol. The van der Waals surface area contributed by atoms with Gasteiger partial charge in [0.25, 0.3) is 5.69 Å². The van der Waals surface area contributed by atoms with Gasteiger partial charge in [0.05, 0.1) is 49.0 Å². The summed E-state index contributed by atoms with van der Waals surface area (Å²) in [7, 11) is 1.95. The number of rotatable bonds is 2. The number of nitriles is 3. The molecule has 1 aliphatic heterocycles. The van der Waals surface area contributed by atoms with E-state index in [0.717, 1.165) is 4.90 Å². The number of hydrogen-bond donors (Lipinski definition) is 2. The second-order valence-corrected chi connectivity index (χ2v) is 6.98. The molecule has 27 heavy (non-hydrogen) atoms. The smallest absolute Gasteiger partial charge is 0.272 e. The van der Waals surface area contributed by atoms with E-state index >= 15 is 0 Å². The van der Waals surface area contributed by atoms with Crippen molar-refractivity contribution in [2.45, 2.75) is 5.92 Å². The monoisotopic (exact) mass is 361 g/mol. The van der Waals surface area contributed by atoms with E-state index in [1.54, 1.807) is 12.1 Å². The third kappa shape index (κ3) is 2.57. The van der Waals surface area contributed by atoms with Crippen molar-refractivity contribution in [2.75, 3.05) is 20.1 Å². The molecule has 8 heteroatoms. The molecule has 2 aliphatic rings. The van der Waals surface area contributed by atoms with Gasteiger partial charge in [-0.15, -0.1) is 0 Å². The molecule has 0 spiro atoms. The molecule has 0 radical (unpaired) electrons. The molecule has 1 fully saturated rings. The molecule has 0 saturated heterocycles. The summed E-state index contributed by atoms with van der Waals surface area (Å²) in [5.41, 5.74) is -1.44. The van der Waals surface area contributed by atoms with Crippen molar-refractivity contribution in [3.05, 3.63) is 51.6 Å². The fraction of sp³-hybridized carbons (Fsp3) is 0.368. The molecule has 1 aromatic carbocycles. The lowest BCUT2D eigenvalue weighted by Gasteiger charge is -2.45. The third-order valence-electron chi connectivity index (χ3n) is 5.55. The average molecular weight is 361 g/mol. The molecule has 1 saturated carbocycles. The predicted octanol–water partition coefficient (Wildman–Crippen LogP) is 0.956. The van der Waals surface area contributed by atoms with E-state index < -0.39 is 28.1 Å². The van der Waals surface area contributed by atoms with Gasteiger partial charge in [0, 0.05) is 23.5 Å². The summed E-state index contributed by atoms with van der Waals surface area (Å²) >= 11 is 0. The molecule has 0 bridgehead atoms. The van der Waals surface area contributed by atoms with Crippen LogP contribution in [0.4, 0.5) is 5.69 Å². The van der Waals surface area contributed by atoms with Gasteiger partial charge in [-0.1, -0.05) is 18.2 Å². The van der Waals surface area contributed by atoms with Crippen molar-refractivity contribution in [3.8, 4) is 18.2 Å². The second kappa shape index (κ2) is 6.64. The fourth-order valence-corrected chi connectivity index (χ4v) is 4.32. The number of nitrogens with one attached hydrogen (secondary N) is 2. The summed E-state index contributed by atoms with van der Waals surface area (Å²) < 4.78 is 0. The molecule has 2 N–H and O–H groups in total. The summed E-state index contributed by atoms with van der Waals surface area (Å²) in [4.78, 5) is 12.2. The number of likely N-dealkylation sites (N-methyl/N-ethyl adjacent to an activating group) is 1. The van der Waals surface area contributed by atoms with Gasteiger partial charge < -0.3 is 10.3 Å². The molecule has 134 valence electrons. The molecule has 0 aromatic heterocycles. The van der Waals surface area contributed by atoms with E-state index in [9.17, 15) is 25.9 Å². The van der Waals surface area contributed by atoms with Gasteiger partial charge >= 0.3 is 0 Å². The van der Waals surface area contributed by atoms with Crippen LogP contribution in [0.2, 0.25) is 0 Å². The zero-order chi connectivity index (χ0) is 19.8. The summed E-state index contributed by atoms with van der Waals surface area (Å²) in [6.45, 7) is 1.19. The van der Waals surface area contributed by atoms with Gasteiger partial charge in [-0.05, 0) is 11.6 Å². The quantitative estimate of drug-likeness (QED) is 0.458. The molecule has 1 aliphatic carbocycles. The molecule has 0 amide bonds. The van der Waals surface area contributed by atoms with Crippen LogP contribution < -0.4 is 4.90 Å². The van der Waals surface area contributed by atoms with Crippen LogP contribution in [0.1, 0.15) is 11.5 Å². The first kappa shape index (κ1) is 18.3.